The van der Waals surface area contributed by atoms with Crippen molar-refractivity contribution in [3.8, 4) is 0 Å². The Balaban J connectivity index is 2.20. The lowest BCUT2D eigenvalue weighted by molar-refractivity contribution is -0.142. The van der Waals surface area contributed by atoms with Gasteiger partial charge in [-0.05, 0) is 63.4 Å². The van der Waals surface area contributed by atoms with E-state index in [1.54, 1.807) is 29.2 Å². The van der Waals surface area contributed by atoms with Gasteiger partial charge in [-0.25, -0.2) is 8.42 Å². The van der Waals surface area contributed by atoms with Gasteiger partial charge in [0, 0.05) is 30.1 Å². The first-order valence-electron chi connectivity index (χ1n) is 11.7. The number of carbonyl (C=O) groups excluding carboxylic acids is 2. The van der Waals surface area contributed by atoms with Gasteiger partial charge in [-0.15, -0.1) is 0 Å². The van der Waals surface area contributed by atoms with E-state index in [1.165, 1.54) is 4.31 Å². The van der Waals surface area contributed by atoms with Crippen molar-refractivity contribution in [3.05, 3.63) is 65.2 Å². The Hall–Kier alpha value is -2.58. The summed E-state index contributed by atoms with van der Waals surface area (Å²) in [6.07, 6.45) is 2.00. The third kappa shape index (κ3) is 9.18. The Morgan fingerprint density at radius 2 is 1.63 bits per heavy atom. The van der Waals surface area contributed by atoms with E-state index in [4.69, 9.17) is 11.6 Å². The predicted octanol–water partition coefficient (Wildman–Crippen LogP) is 4.61. The molecule has 35 heavy (non-hydrogen) atoms. The van der Waals surface area contributed by atoms with Gasteiger partial charge in [0.25, 0.3) is 0 Å². The number of nitrogens with zero attached hydrogens (tertiary/aromatic N) is 2. The molecule has 0 aliphatic rings. The molecule has 2 aromatic rings. The summed E-state index contributed by atoms with van der Waals surface area (Å²) >= 11 is 5.94. The first-order valence-corrected chi connectivity index (χ1v) is 13.9. The zero-order chi connectivity index (χ0) is 26.2. The lowest BCUT2D eigenvalue weighted by Gasteiger charge is -2.33. The van der Waals surface area contributed by atoms with Crippen LogP contribution in [0.3, 0.4) is 0 Å². The van der Waals surface area contributed by atoms with Gasteiger partial charge in [0.1, 0.15) is 6.04 Å². The van der Waals surface area contributed by atoms with Gasteiger partial charge >= 0.3 is 0 Å². The minimum atomic E-state index is -3.55. The van der Waals surface area contributed by atoms with E-state index in [1.807, 2.05) is 58.0 Å². The van der Waals surface area contributed by atoms with Crippen LogP contribution in [0.15, 0.2) is 54.6 Å². The summed E-state index contributed by atoms with van der Waals surface area (Å²) in [7, 11) is -3.55. The van der Waals surface area contributed by atoms with Crippen LogP contribution in [0.2, 0.25) is 5.02 Å². The molecule has 0 radical (unpaired) electrons. The zero-order valence-electron chi connectivity index (χ0n) is 21.1. The zero-order valence-corrected chi connectivity index (χ0v) is 22.7. The second-order valence-electron chi connectivity index (χ2n) is 9.59. The van der Waals surface area contributed by atoms with Crippen molar-refractivity contribution in [2.45, 2.75) is 65.1 Å². The summed E-state index contributed by atoms with van der Waals surface area (Å²) in [5, 5.41) is 3.49. The van der Waals surface area contributed by atoms with Crippen LogP contribution in [-0.4, -0.2) is 49.5 Å². The average Bonchev–Trinajstić information content (AvgIpc) is 2.76. The van der Waals surface area contributed by atoms with Crippen LogP contribution >= 0.6 is 11.6 Å². The molecule has 0 unspecified atom stereocenters. The summed E-state index contributed by atoms with van der Waals surface area (Å²) in [6.45, 7) is 8.01. The molecule has 0 aliphatic heterocycles. The van der Waals surface area contributed by atoms with Crippen molar-refractivity contribution in [1.29, 1.82) is 0 Å². The normalized spacial score (nSPS) is 12.6. The molecule has 7 nitrogen and oxygen atoms in total. The van der Waals surface area contributed by atoms with E-state index in [2.05, 4.69) is 5.32 Å². The number of halogens is 1. The number of sulfonamides is 1. The molecule has 0 spiro atoms. The quantitative estimate of drug-likeness (QED) is 0.468. The highest BCUT2D eigenvalue weighted by atomic mass is 35.5. The number of rotatable bonds is 11. The molecule has 192 valence electrons. The number of hydrogen-bond acceptors (Lipinski definition) is 4. The van der Waals surface area contributed by atoms with Crippen molar-refractivity contribution in [2.75, 3.05) is 17.1 Å². The van der Waals surface area contributed by atoms with Gasteiger partial charge in [0.2, 0.25) is 21.8 Å². The van der Waals surface area contributed by atoms with E-state index in [0.717, 1.165) is 11.8 Å². The third-order valence-electron chi connectivity index (χ3n) is 5.35. The largest absolute Gasteiger partial charge is 0.350 e. The van der Waals surface area contributed by atoms with Crippen molar-refractivity contribution in [2.24, 2.45) is 0 Å². The van der Waals surface area contributed by atoms with Crippen LogP contribution in [0.4, 0.5) is 5.69 Å². The molecule has 2 amide bonds. The Labute approximate surface area is 214 Å². The molecule has 0 bridgehead atoms. The highest BCUT2D eigenvalue weighted by Crippen LogP contribution is 2.22. The van der Waals surface area contributed by atoms with E-state index in [0.29, 0.717) is 30.1 Å². The summed E-state index contributed by atoms with van der Waals surface area (Å²) in [4.78, 5) is 28.0. The fourth-order valence-electron chi connectivity index (χ4n) is 3.76. The van der Waals surface area contributed by atoms with Gasteiger partial charge < -0.3 is 10.2 Å². The monoisotopic (exact) mass is 521 g/mol. The third-order valence-corrected chi connectivity index (χ3v) is 6.79. The van der Waals surface area contributed by atoms with Crippen molar-refractivity contribution >= 4 is 39.1 Å². The molecule has 0 saturated heterocycles. The number of hydrogen-bond donors (Lipinski definition) is 1. The molecule has 0 aromatic heterocycles. The number of carbonyl (C=O) groups is 2. The van der Waals surface area contributed by atoms with Crippen molar-refractivity contribution in [1.82, 2.24) is 10.2 Å². The summed E-state index contributed by atoms with van der Waals surface area (Å²) in [6, 6.07) is 15.4. The van der Waals surface area contributed by atoms with Crippen LogP contribution in [0.1, 0.15) is 52.5 Å². The standard InChI is InChI=1S/C26H36ClN3O4S/c1-6-23(25(32)28-26(2,3)4)29(19-20-11-8-7-9-12-20)24(31)13-10-18-30(35(5,33)34)22-16-14-21(27)15-17-22/h7-9,11-12,14-17,23H,6,10,13,18-19H2,1-5H3,(H,28,32)/t23-/m1/s1. The molecular formula is C26H36ClN3O4S. The molecular weight excluding hydrogens is 486 g/mol. The molecule has 0 fully saturated rings. The second-order valence-corrected chi connectivity index (χ2v) is 11.9. The highest BCUT2D eigenvalue weighted by molar-refractivity contribution is 7.92. The van der Waals surface area contributed by atoms with E-state index in [-0.39, 0.29) is 24.8 Å². The highest BCUT2D eigenvalue weighted by Gasteiger charge is 2.30. The molecule has 0 saturated carbocycles. The first kappa shape index (κ1) is 28.7. The van der Waals surface area contributed by atoms with Crippen molar-refractivity contribution < 1.29 is 18.0 Å². The maximum atomic E-state index is 13.4. The maximum absolute atomic E-state index is 13.4. The predicted molar refractivity (Wildman–Crippen MR) is 142 cm³/mol. The van der Waals surface area contributed by atoms with Gasteiger partial charge in [-0.3, -0.25) is 13.9 Å². The fourth-order valence-corrected chi connectivity index (χ4v) is 4.86. The minimum absolute atomic E-state index is 0.103. The topological polar surface area (TPSA) is 86.8 Å². The Morgan fingerprint density at radius 1 is 1.03 bits per heavy atom. The molecule has 0 heterocycles. The van der Waals surface area contributed by atoms with Crippen LogP contribution < -0.4 is 9.62 Å². The smallest absolute Gasteiger partial charge is 0.243 e. The SMILES string of the molecule is CC[C@H](C(=O)NC(C)(C)C)N(Cc1ccccc1)C(=O)CCCN(c1ccc(Cl)cc1)S(C)(=O)=O. The van der Waals surface area contributed by atoms with E-state index in [9.17, 15) is 18.0 Å². The molecule has 1 N–H and O–H groups in total. The minimum Gasteiger partial charge on any atom is -0.350 e. The van der Waals surface area contributed by atoms with Crippen molar-refractivity contribution in [3.63, 3.8) is 0 Å². The van der Waals surface area contributed by atoms with Gasteiger partial charge in [-0.2, -0.15) is 0 Å². The molecule has 2 rings (SSSR count). The summed E-state index contributed by atoms with van der Waals surface area (Å²) in [5.41, 5.74) is 0.976. The van der Waals surface area contributed by atoms with Gasteiger partial charge in [-0.1, -0.05) is 48.9 Å². The summed E-state index contributed by atoms with van der Waals surface area (Å²) < 4.78 is 26.0. The molecule has 9 heteroatoms. The average molecular weight is 522 g/mol. The number of anilines is 1. The first-order chi connectivity index (χ1) is 16.3. The maximum Gasteiger partial charge on any atom is 0.243 e. The lowest BCUT2D eigenvalue weighted by atomic mass is 10.0. The van der Waals surface area contributed by atoms with Crippen LogP contribution in [0.25, 0.3) is 0 Å². The number of amides is 2. The Morgan fingerprint density at radius 3 is 2.14 bits per heavy atom. The molecule has 2 aromatic carbocycles. The molecule has 0 aliphatic carbocycles. The van der Waals surface area contributed by atoms with E-state index < -0.39 is 21.6 Å². The second kappa shape index (κ2) is 12.4. The summed E-state index contributed by atoms with van der Waals surface area (Å²) in [5.74, 6) is -0.405. The van der Waals surface area contributed by atoms with Crippen LogP contribution in [-0.2, 0) is 26.2 Å². The fraction of sp³-hybridized carbons (Fsp3) is 0.462. The van der Waals surface area contributed by atoms with E-state index >= 15 is 0 Å². The number of nitrogens with one attached hydrogen (secondary N) is 1. The van der Waals surface area contributed by atoms with Gasteiger partial charge in [0.15, 0.2) is 0 Å². The Kier molecular flexibility index (Phi) is 10.2. The van der Waals surface area contributed by atoms with Crippen LogP contribution in [0.5, 0.6) is 0 Å². The Bertz CT molecular complexity index is 1080. The molecule has 1 atom stereocenters. The van der Waals surface area contributed by atoms with Crippen LogP contribution in [0, 0.1) is 0 Å². The number of benzene rings is 2. The van der Waals surface area contributed by atoms with Gasteiger partial charge in [0.05, 0.1) is 11.9 Å². The lowest BCUT2D eigenvalue weighted by Crippen LogP contribution is -2.53.